The lowest BCUT2D eigenvalue weighted by molar-refractivity contribution is -0.151. The van der Waals surface area contributed by atoms with Gasteiger partial charge in [0.05, 0.1) is 12.1 Å². The summed E-state index contributed by atoms with van der Waals surface area (Å²) in [4.78, 5) is 36.1. The van der Waals surface area contributed by atoms with Crippen LogP contribution >= 0.6 is 0 Å². The monoisotopic (exact) mass is 435 g/mol. The number of rotatable bonds is 5. The minimum atomic E-state index is -4.32. The number of carbonyl (C=O) groups is 2. The quantitative estimate of drug-likeness (QED) is 0.754. The number of hydrogen-bond donors (Lipinski definition) is 2. The third-order valence-corrected chi connectivity index (χ3v) is 6.44. The SMILES string of the molecule is O=C(Nc1cc(N2CC3CCC(C2)N3C(=O)CCC(F)(F)F)c2cc[nH]c2n1)C1CC1. The first-order valence-corrected chi connectivity index (χ1v) is 10.7. The molecule has 1 aliphatic carbocycles. The Hall–Kier alpha value is -2.78. The molecule has 0 aromatic carbocycles. The molecule has 5 rings (SSSR count). The van der Waals surface area contributed by atoms with Crippen LogP contribution in [0.5, 0.6) is 0 Å². The van der Waals surface area contributed by atoms with Crippen LogP contribution in [0, 0.1) is 5.92 Å². The first-order valence-electron chi connectivity index (χ1n) is 10.7. The lowest BCUT2D eigenvalue weighted by Gasteiger charge is -2.42. The molecule has 2 atom stereocenters. The molecule has 7 nitrogen and oxygen atoms in total. The molecule has 2 aromatic rings. The number of alkyl halides is 3. The highest BCUT2D eigenvalue weighted by molar-refractivity contribution is 5.97. The van der Waals surface area contributed by atoms with Crippen molar-refractivity contribution in [3.63, 3.8) is 0 Å². The highest BCUT2D eigenvalue weighted by Crippen LogP contribution is 2.37. The van der Waals surface area contributed by atoms with Gasteiger partial charge in [-0.3, -0.25) is 9.59 Å². The standard InChI is InChI=1S/C21H24F3N5O2/c22-21(23,24)7-5-18(30)29-13-3-4-14(29)11-28(10-13)16-9-17(27-20(31)12-1-2-12)26-19-15(16)6-8-25-19/h6,8-9,12-14H,1-5,7,10-11H2,(H2,25,26,27,31). The number of nitrogens with one attached hydrogen (secondary N) is 2. The second kappa shape index (κ2) is 7.42. The Balaban J connectivity index is 1.35. The summed E-state index contributed by atoms with van der Waals surface area (Å²) in [6, 6.07) is 3.57. The molecule has 3 fully saturated rings. The molecular weight excluding hydrogens is 411 g/mol. The highest BCUT2D eigenvalue weighted by atomic mass is 19.4. The Labute approximate surface area is 177 Å². The molecule has 4 heterocycles. The van der Waals surface area contributed by atoms with Crippen LogP contribution < -0.4 is 10.2 Å². The summed E-state index contributed by atoms with van der Waals surface area (Å²) in [7, 11) is 0. The summed E-state index contributed by atoms with van der Waals surface area (Å²) in [6.45, 7) is 1.10. The van der Waals surface area contributed by atoms with Gasteiger partial charge in [0.25, 0.3) is 0 Å². The Kier molecular flexibility index (Phi) is 4.82. The van der Waals surface area contributed by atoms with Crippen molar-refractivity contribution in [2.75, 3.05) is 23.3 Å². The van der Waals surface area contributed by atoms with Crippen molar-refractivity contribution in [1.29, 1.82) is 0 Å². The van der Waals surface area contributed by atoms with E-state index in [4.69, 9.17) is 0 Å². The molecule has 1 saturated carbocycles. The molecule has 2 unspecified atom stereocenters. The Morgan fingerprint density at radius 3 is 2.52 bits per heavy atom. The van der Waals surface area contributed by atoms with E-state index in [2.05, 4.69) is 20.2 Å². The maximum atomic E-state index is 12.6. The molecule has 0 spiro atoms. The van der Waals surface area contributed by atoms with E-state index in [0.717, 1.165) is 36.8 Å². The number of halogens is 3. The van der Waals surface area contributed by atoms with E-state index in [1.54, 1.807) is 11.1 Å². The molecule has 0 radical (unpaired) electrons. The molecule has 166 valence electrons. The van der Waals surface area contributed by atoms with Crippen LogP contribution in [0.3, 0.4) is 0 Å². The summed E-state index contributed by atoms with van der Waals surface area (Å²) in [6.07, 6.45) is -0.742. The average Bonchev–Trinajstić information content (AvgIpc) is 3.41. The zero-order valence-electron chi connectivity index (χ0n) is 16.9. The van der Waals surface area contributed by atoms with Gasteiger partial charge in [-0.05, 0) is 31.7 Å². The molecular formula is C21H24F3N5O2. The number of pyridine rings is 1. The summed E-state index contributed by atoms with van der Waals surface area (Å²) in [5.41, 5.74) is 1.58. The van der Waals surface area contributed by atoms with E-state index in [1.807, 2.05) is 12.1 Å². The maximum Gasteiger partial charge on any atom is 0.389 e. The molecule has 2 aromatic heterocycles. The molecule has 31 heavy (non-hydrogen) atoms. The van der Waals surface area contributed by atoms with Gasteiger partial charge in [-0.25, -0.2) is 4.98 Å². The number of fused-ring (bicyclic) bond motifs is 3. The van der Waals surface area contributed by atoms with Crippen molar-refractivity contribution in [2.24, 2.45) is 5.92 Å². The van der Waals surface area contributed by atoms with Gasteiger partial charge in [-0.15, -0.1) is 0 Å². The van der Waals surface area contributed by atoms with Gasteiger partial charge in [0.2, 0.25) is 11.8 Å². The number of hydrogen-bond acceptors (Lipinski definition) is 4. The van der Waals surface area contributed by atoms with Crippen molar-refractivity contribution >= 4 is 34.4 Å². The molecule has 10 heteroatoms. The molecule has 2 saturated heterocycles. The number of aromatic amines is 1. The molecule has 2 N–H and O–H groups in total. The predicted molar refractivity (Wildman–Crippen MR) is 109 cm³/mol. The number of nitrogens with zero attached hydrogens (tertiary/aromatic N) is 3. The fraction of sp³-hybridized carbons (Fsp3) is 0.571. The number of aromatic nitrogens is 2. The third kappa shape index (κ3) is 4.07. The Bertz CT molecular complexity index is 1000. The van der Waals surface area contributed by atoms with Crippen molar-refractivity contribution in [1.82, 2.24) is 14.9 Å². The van der Waals surface area contributed by atoms with E-state index in [0.29, 0.717) is 24.6 Å². The lowest BCUT2D eigenvalue weighted by Crippen LogP contribution is -2.56. The lowest BCUT2D eigenvalue weighted by atomic mass is 10.1. The first-order chi connectivity index (χ1) is 14.8. The van der Waals surface area contributed by atoms with Crippen LogP contribution in [-0.4, -0.2) is 58.0 Å². The number of H-pyrrole nitrogens is 1. The van der Waals surface area contributed by atoms with Crippen molar-refractivity contribution in [3.8, 4) is 0 Å². The topological polar surface area (TPSA) is 81.3 Å². The van der Waals surface area contributed by atoms with Crippen LogP contribution in [0.1, 0.15) is 38.5 Å². The first kappa shape index (κ1) is 20.1. The largest absolute Gasteiger partial charge is 0.389 e. The number of piperazine rings is 1. The Morgan fingerprint density at radius 2 is 1.87 bits per heavy atom. The fourth-order valence-electron chi connectivity index (χ4n) is 4.80. The van der Waals surface area contributed by atoms with E-state index in [1.165, 1.54) is 0 Å². The van der Waals surface area contributed by atoms with E-state index in [9.17, 15) is 22.8 Å². The van der Waals surface area contributed by atoms with Gasteiger partial charge in [0.15, 0.2) is 0 Å². The smallest absolute Gasteiger partial charge is 0.367 e. The third-order valence-electron chi connectivity index (χ3n) is 6.44. The van der Waals surface area contributed by atoms with Gasteiger partial charge in [-0.1, -0.05) is 0 Å². The minimum Gasteiger partial charge on any atom is -0.367 e. The van der Waals surface area contributed by atoms with E-state index < -0.39 is 24.9 Å². The Morgan fingerprint density at radius 1 is 1.16 bits per heavy atom. The summed E-state index contributed by atoms with van der Waals surface area (Å²) in [5, 5.41) is 3.81. The summed E-state index contributed by atoms with van der Waals surface area (Å²) in [5.74, 6) is 0.109. The van der Waals surface area contributed by atoms with Crippen molar-refractivity contribution < 1.29 is 22.8 Å². The van der Waals surface area contributed by atoms with Gasteiger partial charge >= 0.3 is 6.18 Å². The number of carbonyl (C=O) groups excluding carboxylic acids is 2. The van der Waals surface area contributed by atoms with Crippen molar-refractivity contribution in [3.05, 3.63) is 18.3 Å². The van der Waals surface area contributed by atoms with Crippen LogP contribution in [0.15, 0.2) is 18.3 Å². The fourth-order valence-corrected chi connectivity index (χ4v) is 4.80. The zero-order valence-corrected chi connectivity index (χ0v) is 16.9. The number of anilines is 2. The van der Waals surface area contributed by atoms with Crippen LogP contribution in [0.4, 0.5) is 24.7 Å². The van der Waals surface area contributed by atoms with E-state index in [-0.39, 0.29) is 23.9 Å². The second-order valence-electron chi connectivity index (χ2n) is 8.74. The van der Waals surface area contributed by atoms with E-state index >= 15 is 0 Å². The second-order valence-corrected chi connectivity index (χ2v) is 8.74. The summed E-state index contributed by atoms with van der Waals surface area (Å²) < 4.78 is 37.7. The number of amides is 2. The average molecular weight is 435 g/mol. The molecule has 2 bridgehead atoms. The van der Waals surface area contributed by atoms with Crippen molar-refractivity contribution in [2.45, 2.75) is 56.8 Å². The summed E-state index contributed by atoms with van der Waals surface area (Å²) >= 11 is 0. The maximum absolute atomic E-state index is 12.6. The van der Waals surface area contributed by atoms with Crippen LogP contribution in [-0.2, 0) is 9.59 Å². The van der Waals surface area contributed by atoms with Gasteiger partial charge in [-0.2, -0.15) is 13.2 Å². The van der Waals surface area contributed by atoms with Crippen LogP contribution in [0.25, 0.3) is 11.0 Å². The zero-order chi connectivity index (χ0) is 21.8. The minimum absolute atomic E-state index is 0.0236. The molecule has 2 aliphatic heterocycles. The predicted octanol–water partition coefficient (Wildman–Crippen LogP) is 3.43. The highest BCUT2D eigenvalue weighted by Gasteiger charge is 2.43. The van der Waals surface area contributed by atoms with Gasteiger partial charge in [0, 0.05) is 55.2 Å². The van der Waals surface area contributed by atoms with Gasteiger partial charge in [0.1, 0.15) is 11.5 Å². The van der Waals surface area contributed by atoms with Gasteiger partial charge < -0.3 is 20.1 Å². The van der Waals surface area contributed by atoms with Crippen LogP contribution in [0.2, 0.25) is 0 Å². The normalized spacial score (nSPS) is 23.5. The molecule has 3 aliphatic rings. The molecule has 2 amide bonds.